The zero-order valence-electron chi connectivity index (χ0n) is 35.7. The molecule has 0 aromatic carbocycles. The van der Waals surface area contributed by atoms with Gasteiger partial charge in [0.1, 0.15) is 17.9 Å². The van der Waals surface area contributed by atoms with Crippen molar-refractivity contribution in [2.75, 3.05) is 6.54 Å². The molecule has 9 aliphatic rings. The molecule has 19 unspecified atom stereocenters. The zero-order chi connectivity index (χ0) is 41.5. The predicted molar refractivity (Wildman–Crippen MR) is 214 cm³/mol. The van der Waals surface area contributed by atoms with Gasteiger partial charge in [0.2, 0.25) is 0 Å². The van der Waals surface area contributed by atoms with Crippen molar-refractivity contribution in [3.8, 4) is 0 Å². The van der Waals surface area contributed by atoms with Crippen LogP contribution in [0.25, 0.3) is 0 Å². The van der Waals surface area contributed by atoms with E-state index >= 15 is 0 Å². The lowest BCUT2D eigenvalue weighted by molar-refractivity contribution is -0.366. The number of aliphatic hydroxyl groups is 2. The van der Waals surface area contributed by atoms with Crippen molar-refractivity contribution in [3.63, 3.8) is 0 Å². The molecule has 0 radical (unpaired) electrons. The fourth-order valence-electron chi connectivity index (χ4n) is 12.4. The third-order valence-electron chi connectivity index (χ3n) is 15.5. The quantitative estimate of drug-likeness (QED) is 0.200. The standard InChI is InChI=1S/C46H69NO12/c1-26-19-35-40-37(24-44(57-40)30(5)18-27(2)25-47-44)55-43(22-26,54-35)23-29(4)39-28(3)13-15-45(51,58-39)41(50)36-21-34-33(52-36)20-31(6)46(56-34)17-16-42(59-46)14-9-11-32(53-42)10-7-8-12-38(48)49/h7,9-11,26-28,30-37,39-41,47,50-51H,4,8,12-25H2,1-3,5-6H3,(H,48,49). The Hall–Kier alpha value is -1.75. The van der Waals surface area contributed by atoms with Gasteiger partial charge < -0.3 is 53.2 Å². The number of piperidine rings is 1. The first-order valence-electron chi connectivity index (χ1n) is 22.8. The molecule has 0 aromatic rings. The second kappa shape index (κ2) is 15.8. The van der Waals surface area contributed by atoms with Crippen LogP contribution in [0, 0.1) is 29.6 Å². The largest absolute Gasteiger partial charge is 0.481 e. The fraction of sp³-hybridized carbons (Fsp3) is 0.848. The van der Waals surface area contributed by atoms with Crippen LogP contribution in [0.4, 0.5) is 0 Å². The second-order valence-corrected chi connectivity index (χ2v) is 20.4. The van der Waals surface area contributed by atoms with Crippen molar-refractivity contribution in [2.24, 2.45) is 29.6 Å². The summed E-state index contributed by atoms with van der Waals surface area (Å²) in [4.78, 5) is 10.9. The van der Waals surface area contributed by atoms with E-state index in [0.717, 1.165) is 37.8 Å². The molecule has 59 heavy (non-hydrogen) atoms. The highest BCUT2D eigenvalue weighted by atomic mass is 16.8. The number of carboxylic acid groups (broad SMARTS) is 1. The third-order valence-corrected chi connectivity index (χ3v) is 15.5. The molecule has 0 aliphatic carbocycles. The van der Waals surface area contributed by atoms with E-state index in [2.05, 4.69) is 52.6 Å². The lowest BCUT2D eigenvalue weighted by atomic mass is 9.79. The molecule has 2 bridgehead atoms. The van der Waals surface area contributed by atoms with Crippen LogP contribution in [0.1, 0.15) is 125 Å². The average molecular weight is 828 g/mol. The van der Waals surface area contributed by atoms with Crippen molar-refractivity contribution < 1.29 is 58.0 Å². The van der Waals surface area contributed by atoms with Crippen LogP contribution in [-0.4, -0.2) is 112 Å². The summed E-state index contributed by atoms with van der Waals surface area (Å²) in [5, 5.41) is 36.8. The highest BCUT2D eigenvalue weighted by molar-refractivity contribution is 5.66. The maximum atomic E-state index is 12.2. The van der Waals surface area contributed by atoms with E-state index in [-0.39, 0.29) is 61.3 Å². The van der Waals surface area contributed by atoms with Gasteiger partial charge in [0.05, 0.1) is 42.7 Å². The highest BCUT2D eigenvalue weighted by Gasteiger charge is 2.64. The fourth-order valence-corrected chi connectivity index (χ4v) is 12.4. The van der Waals surface area contributed by atoms with E-state index in [0.29, 0.717) is 69.1 Å². The summed E-state index contributed by atoms with van der Waals surface area (Å²) in [6.45, 7) is 16.5. The Morgan fingerprint density at radius 3 is 2.51 bits per heavy atom. The van der Waals surface area contributed by atoms with Crippen molar-refractivity contribution in [1.29, 1.82) is 0 Å². The molecule has 13 nitrogen and oxygen atoms in total. The lowest BCUT2D eigenvalue weighted by Gasteiger charge is -2.52. The Bertz CT molecular complexity index is 1660. The highest BCUT2D eigenvalue weighted by Crippen LogP contribution is 2.55. The normalized spacial score (nSPS) is 52.3. The van der Waals surface area contributed by atoms with Crippen molar-refractivity contribution in [2.45, 2.75) is 208 Å². The topological polar surface area (TPSA) is 164 Å². The Kier molecular flexibility index (Phi) is 11.4. The van der Waals surface area contributed by atoms with E-state index < -0.39 is 53.2 Å². The van der Waals surface area contributed by atoms with Gasteiger partial charge in [0.15, 0.2) is 23.1 Å². The minimum Gasteiger partial charge on any atom is -0.481 e. The maximum Gasteiger partial charge on any atom is 0.303 e. The minimum absolute atomic E-state index is 0.00556. The molecule has 8 fully saturated rings. The molecule has 0 amide bonds. The van der Waals surface area contributed by atoms with Crippen LogP contribution >= 0.6 is 0 Å². The number of aliphatic hydroxyl groups excluding tert-OH is 1. The Labute approximate surface area is 349 Å². The molecule has 0 saturated carbocycles. The summed E-state index contributed by atoms with van der Waals surface area (Å²) in [7, 11) is 0. The number of carbonyl (C=O) groups is 1. The van der Waals surface area contributed by atoms with Gasteiger partial charge in [-0.25, -0.2) is 0 Å². The van der Waals surface area contributed by atoms with Gasteiger partial charge >= 0.3 is 5.97 Å². The molecule has 8 saturated heterocycles. The SMILES string of the molecule is C=C(CC12CC(C)CC(O1)C1OC3(CC1O2)NCC(C)CC3C)C1OC(O)(C(O)C2CC3OC4(CCC5(CC=CC(C=CCCC(=O)O)O5)O4)C(C)CC3O2)CCC1C. The van der Waals surface area contributed by atoms with Crippen LogP contribution < -0.4 is 5.32 Å². The molecular formula is C46H69NO12. The predicted octanol–water partition coefficient (Wildman–Crippen LogP) is 6.01. The number of aliphatic carboxylic acids is 1. The summed E-state index contributed by atoms with van der Waals surface area (Å²) in [5.74, 6) is -3.82. The van der Waals surface area contributed by atoms with Gasteiger partial charge in [-0.05, 0) is 61.3 Å². The van der Waals surface area contributed by atoms with Gasteiger partial charge in [0.25, 0.3) is 0 Å². The maximum absolute atomic E-state index is 12.2. The molecule has 9 heterocycles. The molecule has 13 heteroatoms. The minimum atomic E-state index is -1.84. The Morgan fingerprint density at radius 2 is 1.71 bits per heavy atom. The number of allylic oxidation sites excluding steroid dienone is 1. The molecule has 9 rings (SSSR count). The third kappa shape index (κ3) is 7.96. The monoisotopic (exact) mass is 827 g/mol. The van der Waals surface area contributed by atoms with Gasteiger partial charge in [0, 0.05) is 70.3 Å². The number of carboxylic acids is 1. The smallest absolute Gasteiger partial charge is 0.303 e. The van der Waals surface area contributed by atoms with Crippen LogP contribution in [0.15, 0.2) is 36.5 Å². The zero-order valence-corrected chi connectivity index (χ0v) is 35.7. The van der Waals surface area contributed by atoms with Gasteiger partial charge in [-0.3, -0.25) is 10.1 Å². The number of ether oxygens (including phenoxy) is 8. The van der Waals surface area contributed by atoms with E-state index in [1.165, 1.54) is 0 Å². The van der Waals surface area contributed by atoms with E-state index in [1.807, 2.05) is 18.2 Å². The first-order valence-corrected chi connectivity index (χ1v) is 22.8. The Morgan fingerprint density at radius 1 is 0.898 bits per heavy atom. The van der Waals surface area contributed by atoms with Gasteiger partial charge in [-0.15, -0.1) is 0 Å². The van der Waals surface area contributed by atoms with Crippen LogP contribution in [0.3, 0.4) is 0 Å². The number of rotatable bonds is 9. The molecular weight excluding hydrogens is 759 g/mol. The molecule has 330 valence electrons. The van der Waals surface area contributed by atoms with E-state index in [9.17, 15) is 15.0 Å². The summed E-state index contributed by atoms with van der Waals surface area (Å²) in [6.07, 6.45) is 12.5. The van der Waals surface area contributed by atoms with Crippen molar-refractivity contribution in [3.05, 3.63) is 36.5 Å². The number of hydrogen-bond donors (Lipinski definition) is 4. The lowest BCUT2D eigenvalue weighted by Crippen LogP contribution is -2.60. The molecule has 19 atom stereocenters. The van der Waals surface area contributed by atoms with Crippen LogP contribution in [0.5, 0.6) is 0 Å². The first kappa shape index (κ1) is 42.5. The van der Waals surface area contributed by atoms with Gasteiger partial charge in [-0.2, -0.15) is 0 Å². The first-order chi connectivity index (χ1) is 28.0. The van der Waals surface area contributed by atoms with Gasteiger partial charge in [-0.1, -0.05) is 65.5 Å². The number of hydrogen-bond acceptors (Lipinski definition) is 12. The average Bonchev–Trinajstić information content (AvgIpc) is 3.86. The summed E-state index contributed by atoms with van der Waals surface area (Å²) in [6, 6.07) is 0. The summed E-state index contributed by atoms with van der Waals surface area (Å²) in [5.41, 5.74) is 0.397. The number of nitrogens with one attached hydrogen (secondary N) is 1. The van der Waals surface area contributed by atoms with E-state index in [4.69, 9.17) is 43.0 Å². The summed E-state index contributed by atoms with van der Waals surface area (Å²) >= 11 is 0. The van der Waals surface area contributed by atoms with Crippen LogP contribution in [-0.2, 0) is 42.7 Å². The summed E-state index contributed by atoms with van der Waals surface area (Å²) < 4.78 is 53.9. The molecule has 4 N–H and O–H groups in total. The molecule has 0 aromatic heterocycles. The second-order valence-electron chi connectivity index (χ2n) is 20.4. The van der Waals surface area contributed by atoms with Crippen molar-refractivity contribution in [1.82, 2.24) is 5.32 Å². The van der Waals surface area contributed by atoms with Crippen LogP contribution in [0.2, 0.25) is 0 Å². The number of fused-ring (bicyclic) bond motifs is 5. The molecule has 9 aliphatic heterocycles. The van der Waals surface area contributed by atoms with Crippen molar-refractivity contribution >= 4 is 5.97 Å². The van der Waals surface area contributed by atoms with E-state index in [1.54, 1.807) is 0 Å². The molecule has 3 spiro atoms. The Balaban J connectivity index is 0.831.